The van der Waals surface area contributed by atoms with Crippen LogP contribution >= 0.6 is 0 Å². The number of carbonyl (C=O) groups excluding carboxylic acids is 2. The minimum atomic E-state index is -0.496. The van der Waals surface area contributed by atoms with Crippen LogP contribution in [0.5, 0.6) is 0 Å². The van der Waals surface area contributed by atoms with Crippen LogP contribution in [0.4, 0.5) is 0 Å². The van der Waals surface area contributed by atoms with Gasteiger partial charge in [0.2, 0.25) is 0 Å². The van der Waals surface area contributed by atoms with E-state index in [1.165, 1.54) is 12.7 Å². The molecule has 0 aliphatic heterocycles. The van der Waals surface area contributed by atoms with E-state index in [1.54, 1.807) is 24.3 Å². The van der Waals surface area contributed by atoms with Crippen molar-refractivity contribution in [2.24, 2.45) is 0 Å². The summed E-state index contributed by atoms with van der Waals surface area (Å²) in [7, 11) is 1.32. The molecule has 0 N–H and O–H groups in total. The van der Waals surface area contributed by atoms with Crippen molar-refractivity contribution in [3.63, 3.8) is 0 Å². The third-order valence-electron chi connectivity index (χ3n) is 4.19. The molecule has 0 radical (unpaired) electrons. The summed E-state index contributed by atoms with van der Waals surface area (Å²) in [6, 6.07) is 12.8. The molecular weight excluding hydrogens is 300 g/mol. The Balaban J connectivity index is 2.57. The zero-order chi connectivity index (χ0) is 17.9. The second kappa shape index (κ2) is 7.43. The molecule has 0 heterocycles. The average molecular weight is 324 g/mol. The van der Waals surface area contributed by atoms with E-state index in [1.807, 2.05) is 12.1 Å². The standard InChI is InChI=1S/C21H24O3/c1-13(2)15-10-11-17(19(12-15)14(3)4)20(22)16-8-6-7-9-18(16)21(23)24-5/h6-14H,1-5H3. The van der Waals surface area contributed by atoms with Crippen LogP contribution in [0.2, 0.25) is 0 Å². The SMILES string of the molecule is COC(=O)c1ccccc1C(=O)c1ccc(C(C)C)cc1C(C)C. The van der Waals surface area contributed by atoms with Crippen molar-refractivity contribution in [2.45, 2.75) is 39.5 Å². The normalized spacial score (nSPS) is 11.0. The highest BCUT2D eigenvalue weighted by Gasteiger charge is 2.22. The van der Waals surface area contributed by atoms with Gasteiger partial charge in [0, 0.05) is 11.1 Å². The van der Waals surface area contributed by atoms with Crippen LogP contribution in [0.1, 0.15) is 76.9 Å². The molecular formula is C21H24O3. The lowest BCUT2D eigenvalue weighted by atomic mass is 9.87. The van der Waals surface area contributed by atoms with Gasteiger partial charge in [0.25, 0.3) is 0 Å². The molecule has 3 heteroatoms. The lowest BCUT2D eigenvalue weighted by Crippen LogP contribution is -2.13. The van der Waals surface area contributed by atoms with Gasteiger partial charge in [0.15, 0.2) is 5.78 Å². The predicted octanol–water partition coefficient (Wildman–Crippen LogP) is 4.95. The summed E-state index contributed by atoms with van der Waals surface area (Å²) in [5, 5.41) is 0. The summed E-state index contributed by atoms with van der Waals surface area (Å²) in [6.45, 7) is 8.41. The lowest BCUT2D eigenvalue weighted by molar-refractivity contribution is 0.0597. The zero-order valence-corrected chi connectivity index (χ0v) is 14.9. The van der Waals surface area contributed by atoms with Gasteiger partial charge in [-0.2, -0.15) is 0 Å². The van der Waals surface area contributed by atoms with Crippen molar-refractivity contribution in [1.82, 2.24) is 0 Å². The molecule has 0 aromatic heterocycles. The molecule has 0 fully saturated rings. The highest BCUT2D eigenvalue weighted by atomic mass is 16.5. The minimum Gasteiger partial charge on any atom is -0.465 e. The molecule has 2 aromatic carbocycles. The largest absolute Gasteiger partial charge is 0.465 e. The monoisotopic (exact) mass is 324 g/mol. The van der Waals surface area contributed by atoms with Crippen molar-refractivity contribution >= 4 is 11.8 Å². The Bertz CT molecular complexity index is 757. The number of ketones is 1. The lowest BCUT2D eigenvalue weighted by Gasteiger charge is -2.16. The summed E-state index contributed by atoms with van der Waals surface area (Å²) < 4.78 is 4.80. The van der Waals surface area contributed by atoms with Crippen molar-refractivity contribution in [2.75, 3.05) is 7.11 Å². The number of ether oxygens (including phenoxy) is 1. The number of esters is 1. The van der Waals surface area contributed by atoms with E-state index >= 15 is 0 Å². The molecule has 126 valence electrons. The number of carbonyl (C=O) groups is 2. The quantitative estimate of drug-likeness (QED) is 0.577. The third kappa shape index (κ3) is 3.56. The number of rotatable bonds is 5. The first kappa shape index (κ1) is 17.9. The van der Waals surface area contributed by atoms with E-state index in [0.29, 0.717) is 22.6 Å². The van der Waals surface area contributed by atoms with Crippen LogP contribution in [-0.2, 0) is 4.74 Å². The number of hydrogen-bond acceptors (Lipinski definition) is 3. The Morgan fingerprint density at radius 3 is 2.00 bits per heavy atom. The van der Waals surface area contributed by atoms with Crippen molar-refractivity contribution < 1.29 is 14.3 Å². The second-order valence-electron chi connectivity index (χ2n) is 6.52. The van der Waals surface area contributed by atoms with Crippen molar-refractivity contribution in [3.8, 4) is 0 Å². The first-order chi connectivity index (χ1) is 11.4. The molecule has 0 aliphatic rings. The molecule has 0 atom stereocenters. The fourth-order valence-electron chi connectivity index (χ4n) is 2.74. The van der Waals surface area contributed by atoms with E-state index in [2.05, 4.69) is 33.8 Å². The van der Waals surface area contributed by atoms with Crippen LogP contribution in [0, 0.1) is 0 Å². The average Bonchev–Trinajstić information content (AvgIpc) is 2.59. The minimum absolute atomic E-state index is 0.144. The van der Waals surface area contributed by atoms with Crippen LogP contribution in [0.3, 0.4) is 0 Å². The molecule has 0 bridgehead atoms. The summed E-state index contributed by atoms with van der Waals surface area (Å²) in [6.07, 6.45) is 0. The highest BCUT2D eigenvalue weighted by Crippen LogP contribution is 2.27. The van der Waals surface area contributed by atoms with Crippen molar-refractivity contribution in [1.29, 1.82) is 0 Å². The van der Waals surface area contributed by atoms with Gasteiger partial charge in [-0.25, -0.2) is 4.79 Å². The fourth-order valence-corrected chi connectivity index (χ4v) is 2.74. The third-order valence-corrected chi connectivity index (χ3v) is 4.19. The zero-order valence-electron chi connectivity index (χ0n) is 14.9. The van der Waals surface area contributed by atoms with Gasteiger partial charge in [-0.05, 0) is 29.0 Å². The van der Waals surface area contributed by atoms with Gasteiger partial charge in [0.05, 0.1) is 12.7 Å². The van der Waals surface area contributed by atoms with Gasteiger partial charge in [-0.15, -0.1) is 0 Å². The van der Waals surface area contributed by atoms with Crippen LogP contribution in [-0.4, -0.2) is 18.9 Å². The van der Waals surface area contributed by atoms with Crippen LogP contribution in [0.15, 0.2) is 42.5 Å². The Kier molecular flexibility index (Phi) is 5.55. The van der Waals surface area contributed by atoms with Crippen LogP contribution < -0.4 is 0 Å². The smallest absolute Gasteiger partial charge is 0.338 e. The van der Waals surface area contributed by atoms with Gasteiger partial charge >= 0.3 is 5.97 Å². The van der Waals surface area contributed by atoms with E-state index < -0.39 is 5.97 Å². The summed E-state index contributed by atoms with van der Waals surface area (Å²) >= 11 is 0. The van der Waals surface area contributed by atoms with Crippen LogP contribution in [0.25, 0.3) is 0 Å². The van der Waals surface area contributed by atoms with Gasteiger partial charge in [-0.1, -0.05) is 64.1 Å². The maximum Gasteiger partial charge on any atom is 0.338 e. The number of methoxy groups -OCH3 is 1. The Morgan fingerprint density at radius 2 is 1.46 bits per heavy atom. The highest BCUT2D eigenvalue weighted by molar-refractivity contribution is 6.15. The van der Waals surface area contributed by atoms with E-state index in [4.69, 9.17) is 4.74 Å². The second-order valence-corrected chi connectivity index (χ2v) is 6.52. The van der Waals surface area contributed by atoms with Gasteiger partial charge in [-0.3, -0.25) is 4.79 Å². The topological polar surface area (TPSA) is 43.4 Å². The maximum absolute atomic E-state index is 13.1. The maximum atomic E-state index is 13.1. The molecule has 24 heavy (non-hydrogen) atoms. The molecule has 0 saturated heterocycles. The summed E-state index contributed by atoms with van der Waals surface area (Å²) in [5.74, 6) is -0.0270. The predicted molar refractivity (Wildman–Crippen MR) is 95.8 cm³/mol. The molecule has 0 saturated carbocycles. The Hall–Kier alpha value is -2.42. The summed E-state index contributed by atoms with van der Waals surface area (Å²) in [5.41, 5.74) is 3.53. The Labute approximate surface area is 143 Å². The van der Waals surface area contributed by atoms with E-state index in [-0.39, 0.29) is 11.7 Å². The molecule has 2 aromatic rings. The number of hydrogen-bond donors (Lipinski definition) is 0. The summed E-state index contributed by atoms with van der Waals surface area (Å²) in [4.78, 5) is 25.0. The molecule has 0 amide bonds. The number of benzene rings is 2. The van der Waals surface area contributed by atoms with E-state index in [0.717, 1.165) is 5.56 Å². The first-order valence-corrected chi connectivity index (χ1v) is 8.22. The molecule has 0 spiro atoms. The molecule has 0 aliphatic carbocycles. The molecule has 2 rings (SSSR count). The van der Waals surface area contributed by atoms with Crippen molar-refractivity contribution in [3.05, 3.63) is 70.3 Å². The molecule has 0 unspecified atom stereocenters. The van der Waals surface area contributed by atoms with Gasteiger partial charge in [0.1, 0.15) is 0 Å². The van der Waals surface area contributed by atoms with Gasteiger partial charge < -0.3 is 4.74 Å². The fraction of sp³-hybridized carbons (Fsp3) is 0.333. The Morgan fingerprint density at radius 1 is 0.833 bits per heavy atom. The first-order valence-electron chi connectivity index (χ1n) is 8.22. The molecule has 3 nitrogen and oxygen atoms in total. The van der Waals surface area contributed by atoms with E-state index in [9.17, 15) is 9.59 Å².